The zero-order chi connectivity index (χ0) is 25.0. The van der Waals surface area contributed by atoms with Gasteiger partial charge in [0.25, 0.3) is 15.9 Å². The van der Waals surface area contributed by atoms with Crippen molar-refractivity contribution in [1.82, 2.24) is 14.5 Å². The SMILES string of the molecule is C[C@H](N=C1NS(=O)(=O)c2ccccc21)C(=O)OCC(=O)N1CCN(C(=O)Nc2ccccc2)CC1. The number of hydrogen-bond donors (Lipinski definition) is 2. The summed E-state index contributed by atoms with van der Waals surface area (Å²) in [6.45, 7) is 2.32. The molecule has 2 aromatic rings. The molecule has 1 fully saturated rings. The van der Waals surface area contributed by atoms with Gasteiger partial charge >= 0.3 is 12.0 Å². The van der Waals surface area contributed by atoms with Crippen LogP contribution in [-0.4, -0.2) is 80.8 Å². The number of fused-ring (bicyclic) bond motifs is 1. The Kier molecular flexibility index (Phi) is 7.01. The van der Waals surface area contributed by atoms with E-state index in [9.17, 15) is 22.8 Å². The van der Waals surface area contributed by atoms with Gasteiger partial charge in [0, 0.05) is 37.4 Å². The second-order valence-electron chi connectivity index (χ2n) is 8.03. The van der Waals surface area contributed by atoms with Crippen molar-refractivity contribution in [1.29, 1.82) is 0 Å². The Bertz CT molecular complexity index is 1260. The van der Waals surface area contributed by atoms with E-state index in [0.717, 1.165) is 0 Å². The topological polar surface area (TPSA) is 137 Å². The summed E-state index contributed by atoms with van der Waals surface area (Å²) in [7, 11) is -3.72. The summed E-state index contributed by atoms with van der Waals surface area (Å²) in [5.41, 5.74) is 1.06. The Morgan fingerprint density at radius 2 is 1.63 bits per heavy atom. The van der Waals surface area contributed by atoms with Crippen molar-refractivity contribution in [2.24, 2.45) is 4.99 Å². The number of para-hydroxylation sites is 1. The summed E-state index contributed by atoms with van der Waals surface area (Å²) in [4.78, 5) is 44.6. The van der Waals surface area contributed by atoms with Crippen molar-refractivity contribution >= 4 is 39.5 Å². The fourth-order valence-corrected chi connectivity index (χ4v) is 4.94. The summed E-state index contributed by atoms with van der Waals surface area (Å²) in [6, 6.07) is 14.1. The van der Waals surface area contributed by atoms with Gasteiger partial charge in [0.15, 0.2) is 6.61 Å². The maximum Gasteiger partial charge on any atom is 0.331 e. The predicted octanol–water partition coefficient (Wildman–Crippen LogP) is 1.03. The second kappa shape index (κ2) is 10.1. The number of anilines is 1. The maximum atomic E-state index is 12.5. The van der Waals surface area contributed by atoms with Crippen molar-refractivity contribution in [3.63, 3.8) is 0 Å². The van der Waals surface area contributed by atoms with E-state index in [-0.39, 0.29) is 22.7 Å². The van der Waals surface area contributed by atoms with Crippen LogP contribution in [0.4, 0.5) is 10.5 Å². The standard InChI is InChI=1S/C23H25N5O6S/c1-16(24-21-18-9-5-6-10-19(18)35(32,33)26-21)22(30)34-15-20(29)27-11-13-28(14-12-27)23(31)25-17-7-3-2-4-8-17/h2-10,16H,11-15H2,1H3,(H,24,26)(H,25,31)/t16-/m0/s1. The first-order chi connectivity index (χ1) is 16.7. The van der Waals surface area contributed by atoms with Crippen LogP contribution < -0.4 is 10.0 Å². The number of carbonyl (C=O) groups is 3. The first kappa shape index (κ1) is 24.2. The monoisotopic (exact) mass is 499 g/mol. The van der Waals surface area contributed by atoms with Gasteiger partial charge in [-0.25, -0.2) is 18.0 Å². The van der Waals surface area contributed by atoms with Crippen LogP contribution in [0.25, 0.3) is 0 Å². The largest absolute Gasteiger partial charge is 0.454 e. The lowest BCUT2D eigenvalue weighted by atomic mass is 10.2. The minimum atomic E-state index is -3.72. The molecule has 0 bridgehead atoms. The number of urea groups is 1. The summed E-state index contributed by atoms with van der Waals surface area (Å²) >= 11 is 0. The molecule has 2 N–H and O–H groups in total. The van der Waals surface area contributed by atoms with E-state index < -0.39 is 28.6 Å². The van der Waals surface area contributed by atoms with Crippen LogP contribution in [-0.2, 0) is 24.3 Å². The van der Waals surface area contributed by atoms with Gasteiger partial charge in [-0.1, -0.05) is 30.3 Å². The van der Waals surface area contributed by atoms with Crippen LogP contribution in [0.15, 0.2) is 64.5 Å². The quantitative estimate of drug-likeness (QED) is 0.590. The Balaban J connectivity index is 1.25. The molecule has 1 atom stereocenters. The molecule has 2 aliphatic heterocycles. The highest BCUT2D eigenvalue weighted by molar-refractivity contribution is 7.90. The highest BCUT2D eigenvalue weighted by Gasteiger charge is 2.31. The van der Waals surface area contributed by atoms with E-state index >= 15 is 0 Å². The summed E-state index contributed by atoms with van der Waals surface area (Å²) in [6.07, 6.45) is 0. The van der Waals surface area contributed by atoms with Crippen molar-refractivity contribution in [3.05, 3.63) is 60.2 Å². The van der Waals surface area contributed by atoms with E-state index in [1.807, 2.05) is 18.2 Å². The number of esters is 1. The number of piperazine rings is 1. The molecule has 4 rings (SSSR count). The van der Waals surface area contributed by atoms with Crippen LogP contribution in [0, 0.1) is 0 Å². The molecule has 2 aromatic carbocycles. The van der Waals surface area contributed by atoms with Gasteiger partial charge in [-0.2, -0.15) is 0 Å². The molecular formula is C23H25N5O6S. The smallest absolute Gasteiger partial charge is 0.331 e. The molecule has 0 aromatic heterocycles. The lowest BCUT2D eigenvalue weighted by Gasteiger charge is -2.34. The van der Waals surface area contributed by atoms with E-state index in [1.165, 1.54) is 17.9 Å². The van der Waals surface area contributed by atoms with Gasteiger partial charge in [0.1, 0.15) is 11.9 Å². The van der Waals surface area contributed by atoms with Gasteiger partial charge < -0.3 is 19.9 Å². The molecule has 3 amide bonds. The van der Waals surface area contributed by atoms with Crippen molar-refractivity contribution < 1.29 is 27.5 Å². The molecule has 0 saturated carbocycles. The third-order valence-corrected chi connectivity index (χ3v) is 7.01. The molecule has 12 heteroatoms. The lowest BCUT2D eigenvalue weighted by Crippen LogP contribution is -2.52. The first-order valence-electron chi connectivity index (χ1n) is 11.0. The number of amidine groups is 1. The van der Waals surface area contributed by atoms with Crippen molar-refractivity contribution in [2.75, 3.05) is 38.1 Å². The lowest BCUT2D eigenvalue weighted by molar-refractivity contribution is -0.153. The molecule has 0 aliphatic carbocycles. The third kappa shape index (κ3) is 5.60. The molecule has 2 aliphatic rings. The Hall–Kier alpha value is -3.93. The maximum absolute atomic E-state index is 12.5. The van der Waals surface area contributed by atoms with Gasteiger partial charge in [-0.3, -0.25) is 14.5 Å². The van der Waals surface area contributed by atoms with Gasteiger partial charge in [-0.05, 0) is 31.2 Å². The molecule has 11 nitrogen and oxygen atoms in total. The van der Waals surface area contributed by atoms with Crippen LogP contribution >= 0.6 is 0 Å². The van der Waals surface area contributed by atoms with Crippen LogP contribution in [0.3, 0.4) is 0 Å². The molecular weight excluding hydrogens is 474 g/mol. The Morgan fingerprint density at radius 1 is 1.00 bits per heavy atom. The molecule has 184 valence electrons. The molecule has 0 unspecified atom stereocenters. The number of nitrogens with zero attached hydrogens (tertiary/aromatic N) is 3. The van der Waals surface area contributed by atoms with Crippen molar-refractivity contribution in [2.45, 2.75) is 17.9 Å². The number of hydrogen-bond acceptors (Lipinski definition) is 7. The number of rotatable bonds is 5. The zero-order valence-corrected chi connectivity index (χ0v) is 19.8. The normalized spacial score (nSPS) is 18.4. The van der Waals surface area contributed by atoms with Gasteiger partial charge in [0.2, 0.25) is 0 Å². The number of aliphatic imine (C=N–C) groups is 1. The number of ether oxygens (including phenoxy) is 1. The van der Waals surface area contributed by atoms with Gasteiger partial charge in [0.05, 0.1) is 4.90 Å². The van der Waals surface area contributed by atoms with E-state index in [1.54, 1.807) is 35.2 Å². The highest BCUT2D eigenvalue weighted by Crippen LogP contribution is 2.22. The third-order valence-electron chi connectivity index (χ3n) is 5.61. The van der Waals surface area contributed by atoms with Gasteiger partial charge in [-0.15, -0.1) is 0 Å². The summed E-state index contributed by atoms with van der Waals surface area (Å²) < 4.78 is 31.8. The minimum absolute atomic E-state index is 0.0567. The molecule has 35 heavy (non-hydrogen) atoms. The van der Waals surface area contributed by atoms with E-state index in [0.29, 0.717) is 37.4 Å². The second-order valence-corrected chi connectivity index (χ2v) is 9.68. The molecule has 0 spiro atoms. The molecule has 2 heterocycles. The minimum Gasteiger partial charge on any atom is -0.454 e. The van der Waals surface area contributed by atoms with Crippen LogP contribution in [0.2, 0.25) is 0 Å². The van der Waals surface area contributed by atoms with Crippen LogP contribution in [0.5, 0.6) is 0 Å². The molecule has 1 saturated heterocycles. The number of benzene rings is 2. The van der Waals surface area contributed by atoms with E-state index in [2.05, 4.69) is 15.0 Å². The number of nitrogens with one attached hydrogen (secondary N) is 2. The number of carbonyl (C=O) groups excluding carboxylic acids is 3. The number of amides is 3. The predicted molar refractivity (Wildman–Crippen MR) is 127 cm³/mol. The Labute approximate surface area is 202 Å². The first-order valence-corrected chi connectivity index (χ1v) is 12.5. The average molecular weight is 500 g/mol. The fourth-order valence-electron chi connectivity index (χ4n) is 3.70. The summed E-state index contributed by atoms with van der Waals surface area (Å²) in [5, 5.41) is 2.81. The van der Waals surface area contributed by atoms with E-state index in [4.69, 9.17) is 4.74 Å². The van der Waals surface area contributed by atoms with Crippen LogP contribution in [0.1, 0.15) is 12.5 Å². The Morgan fingerprint density at radius 3 is 2.34 bits per heavy atom. The fraction of sp³-hybridized carbons (Fsp3) is 0.304. The molecule has 0 radical (unpaired) electrons. The zero-order valence-electron chi connectivity index (χ0n) is 19.0. The van der Waals surface area contributed by atoms with Crippen molar-refractivity contribution in [3.8, 4) is 0 Å². The average Bonchev–Trinajstić information content (AvgIpc) is 3.12. The highest BCUT2D eigenvalue weighted by atomic mass is 32.2. The summed E-state index contributed by atoms with van der Waals surface area (Å²) in [5.74, 6) is -1.08. The number of sulfonamides is 1.